The molecule has 1 unspecified atom stereocenters. The first-order chi connectivity index (χ1) is 18.2. The van der Waals surface area contributed by atoms with Crippen molar-refractivity contribution in [2.24, 2.45) is 0 Å². The summed E-state index contributed by atoms with van der Waals surface area (Å²) in [6, 6.07) is 27.7. The molecule has 0 N–H and O–H groups in total. The number of rotatable bonds is 8. The maximum atomic E-state index is 6.09. The number of hydrogen-bond donors (Lipinski definition) is 0. The van der Waals surface area contributed by atoms with Crippen molar-refractivity contribution in [1.29, 1.82) is 0 Å². The Bertz CT molecular complexity index is 1460. The van der Waals surface area contributed by atoms with Crippen molar-refractivity contribution in [2.45, 2.75) is 32.8 Å². The minimum absolute atomic E-state index is 0.0863. The van der Waals surface area contributed by atoms with Crippen LogP contribution in [0.15, 0.2) is 89.5 Å². The van der Waals surface area contributed by atoms with Gasteiger partial charge < -0.3 is 18.7 Å². The molecule has 0 aliphatic carbocycles. The largest absolute Gasteiger partial charge is 0.494 e. The van der Waals surface area contributed by atoms with Crippen molar-refractivity contribution in [3.63, 3.8) is 0 Å². The lowest BCUT2D eigenvalue weighted by Crippen LogP contribution is -2.21. The number of ether oxygens (including phenoxy) is 3. The molecule has 37 heavy (non-hydrogen) atoms. The van der Waals surface area contributed by atoms with Crippen LogP contribution < -0.4 is 9.47 Å². The van der Waals surface area contributed by atoms with Crippen LogP contribution in [0.3, 0.4) is 0 Å². The summed E-state index contributed by atoms with van der Waals surface area (Å²) >= 11 is 0. The predicted molar refractivity (Wildman–Crippen MR) is 137 cm³/mol. The van der Waals surface area contributed by atoms with Gasteiger partial charge in [-0.2, -0.15) is 10.1 Å². The highest BCUT2D eigenvalue weighted by Gasteiger charge is 2.24. The van der Waals surface area contributed by atoms with Crippen LogP contribution in [0.2, 0.25) is 0 Å². The summed E-state index contributed by atoms with van der Waals surface area (Å²) in [4.78, 5) is 4.57. The van der Waals surface area contributed by atoms with Gasteiger partial charge in [0, 0.05) is 5.56 Å². The van der Waals surface area contributed by atoms with Crippen molar-refractivity contribution in [3.05, 3.63) is 102 Å². The zero-order valence-corrected chi connectivity index (χ0v) is 20.4. The van der Waals surface area contributed by atoms with E-state index in [1.165, 1.54) is 0 Å². The number of aromatic nitrogens is 4. The van der Waals surface area contributed by atoms with Crippen LogP contribution in [-0.2, 0) is 24.5 Å². The SMILES string of the molecule is CCOc1ccc(C2Cn3nc(-c4nc(-c5ccc(OCc6ccccc6)cc5)no4)cc3CO2)cc1. The van der Waals surface area contributed by atoms with Crippen LogP contribution in [0.1, 0.15) is 29.8 Å². The van der Waals surface area contributed by atoms with Crippen molar-refractivity contribution >= 4 is 0 Å². The quantitative estimate of drug-likeness (QED) is 0.268. The highest BCUT2D eigenvalue weighted by molar-refractivity contribution is 5.59. The summed E-state index contributed by atoms with van der Waals surface area (Å²) in [5, 5.41) is 8.87. The van der Waals surface area contributed by atoms with E-state index in [-0.39, 0.29) is 6.10 Å². The molecule has 5 aromatic rings. The zero-order chi connectivity index (χ0) is 25.0. The van der Waals surface area contributed by atoms with E-state index in [1.54, 1.807) is 0 Å². The van der Waals surface area contributed by atoms with Crippen LogP contribution in [0, 0.1) is 0 Å². The summed E-state index contributed by atoms with van der Waals surface area (Å²) in [7, 11) is 0. The average molecular weight is 495 g/mol. The van der Waals surface area contributed by atoms with Crippen LogP contribution in [0.4, 0.5) is 0 Å². The molecule has 8 nitrogen and oxygen atoms in total. The van der Waals surface area contributed by atoms with Gasteiger partial charge in [-0.25, -0.2) is 0 Å². The summed E-state index contributed by atoms with van der Waals surface area (Å²) in [6.45, 7) is 4.19. The Balaban J connectivity index is 1.12. The molecular weight excluding hydrogens is 468 g/mol. The normalized spacial score (nSPS) is 14.8. The second kappa shape index (κ2) is 10.3. The standard InChI is InChI=1S/C29H26N4O4/c1-2-34-24-12-8-21(9-13-24)27-17-33-23(19-36-27)16-26(31-33)29-30-28(32-37-29)22-10-14-25(15-11-22)35-18-20-6-4-3-5-7-20/h3-16,27H,2,17-19H2,1H3. The fourth-order valence-electron chi connectivity index (χ4n) is 4.26. The van der Waals surface area contributed by atoms with Crippen molar-refractivity contribution < 1.29 is 18.7 Å². The van der Waals surface area contributed by atoms with Crippen LogP contribution in [-0.4, -0.2) is 26.5 Å². The van der Waals surface area contributed by atoms with Crippen molar-refractivity contribution in [3.8, 4) is 34.5 Å². The zero-order valence-electron chi connectivity index (χ0n) is 20.4. The Kier molecular flexibility index (Phi) is 6.39. The summed E-state index contributed by atoms with van der Waals surface area (Å²) in [6.07, 6.45) is -0.0863. The molecule has 1 aliphatic heterocycles. The smallest absolute Gasteiger partial charge is 0.278 e. The van der Waals surface area contributed by atoms with E-state index in [0.717, 1.165) is 33.9 Å². The molecule has 1 aliphatic rings. The molecule has 186 valence electrons. The summed E-state index contributed by atoms with van der Waals surface area (Å²) in [5.41, 5.74) is 4.64. The lowest BCUT2D eigenvalue weighted by Gasteiger charge is -2.24. The molecule has 6 rings (SSSR count). The van der Waals surface area contributed by atoms with Gasteiger partial charge in [0.05, 0.1) is 25.5 Å². The molecule has 0 bridgehead atoms. The highest BCUT2D eigenvalue weighted by Crippen LogP contribution is 2.30. The molecular formula is C29H26N4O4. The maximum absolute atomic E-state index is 6.09. The topological polar surface area (TPSA) is 84.4 Å². The molecule has 3 aromatic carbocycles. The van der Waals surface area contributed by atoms with Gasteiger partial charge in [-0.15, -0.1) is 0 Å². The molecule has 3 heterocycles. The molecule has 0 amide bonds. The lowest BCUT2D eigenvalue weighted by atomic mass is 10.1. The Morgan fingerprint density at radius 2 is 1.68 bits per heavy atom. The van der Waals surface area contributed by atoms with Gasteiger partial charge in [0.15, 0.2) is 5.69 Å². The Labute approximate surface area is 214 Å². The second-order valence-electron chi connectivity index (χ2n) is 8.73. The average Bonchev–Trinajstić information content (AvgIpc) is 3.61. The molecule has 0 saturated carbocycles. The first-order valence-corrected chi connectivity index (χ1v) is 12.3. The molecule has 0 spiro atoms. The highest BCUT2D eigenvalue weighted by atomic mass is 16.5. The van der Waals surface area contributed by atoms with Crippen LogP contribution in [0.25, 0.3) is 23.0 Å². The van der Waals surface area contributed by atoms with E-state index < -0.39 is 0 Å². The molecule has 0 fully saturated rings. The number of hydrogen-bond acceptors (Lipinski definition) is 7. The minimum atomic E-state index is -0.0863. The third kappa shape index (κ3) is 5.10. The van der Waals surface area contributed by atoms with Gasteiger partial charge in [0.25, 0.3) is 5.89 Å². The van der Waals surface area contributed by atoms with Crippen LogP contribution >= 0.6 is 0 Å². The number of fused-ring (bicyclic) bond motifs is 1. The summed E-state index contributed by atoms with van der Waals surface area (Å²) in [5.74, 6) is 2.50. The van der Waals surface area contributed by atoms with E-state index in [0.29, 0.717) is 43.8 Å². The van der Waals surface area contributed by atoms with Gasteiger partial charge >= 0.3 is 0 Å². The van der Waals surface area contributed by atoms with E-state index >= 15 is 0 Å². The lowest BCUT2D eigenvalue weighted by molar-refractivity contribution is -0.00115. The first kappa shape index (κ1) is 23.0. The third-order valence-corrected chi connectivity index (χ3v) is 6.20. The first-order valence-electron chi connectivity index (χ1n) is 12.3. The van der Waals surface area contributed by atoms with E-state index in [1.807, 2.05) is 96.5 Å². The van der Waals surface area contributed by atoms with Gasteiger partial charge in [-0.05, 0) is 60.5 Å². The van der Waals surface area contributed by atoms with Gasteiger partial charge in [0.1, 0.15) is 24.2 Å². The van der Waals surface area contributed by atoms with Crippen molar-refractivity contribution in [2.75, 3.05) is 6.61 Å². The fraction of sp³-hybridized carbons (Fsp3) is 0.207. The van der Waals surface area contributed by atoms with Gasteiger partial charge in [0.2, 0.25) is 5.82 Å². The second-order valence-corrected chi connectivity index (χ2v) is 8.73. The fourth-order valence-corrected chi connectivity index (χ4v) is 4.26. The number of benzene rings is 3. The molecule has 0 radical (unpaired) electrons. The van der Waals surface area contributed by atoms with Crippen LogP contribution in [0.5, 0.6) is 11.5 Å². The van der Waals surface area contributed by atoms with E-state index in [9.17, 15) is 0 Å². The van der Waals surface area contributed by atoms with E-state index in [2.05, 4.69) is 10.1 Å². The Morgan fingerprint density at radius 3 is 2.46 bits per heavy atom. The molecule has 2 aromatic heterocycles. The van der Waals surface area contributed by atoms with Gasteiger partial charge in [-0.3, -0.25) is 4.68 Å². The maximum Gasteiger partial charge on any atom is 0.278 e. The molecule has 0 saturated heterocycles. The predicted octanol–water partition coefficient (Wildman–Crippen LogP) is 5.85. The summed E-state index contributed by atoms with van der Waals surface area (Å²) < 4.78 is 25.0. The third-order valence-electron chi connectivity index (χ3n) is 6.20. The molecule has 1 atom stereocenters. The monoisotopic (exact) mass is 494 g/mol. The number of nitrogens with zero attached hydrogens (tertiary/aromatic N) is 4. The Morgan fingerprint density at radius 1 is 0.919 bits per heavy atom. The molecule has 8 heteroatoms. The van der Waals surface area contributed by atoms with E-state index in [4.69, 9.17) is 23.8 Å². The minimum Gasteiger partial charge on any atom is -0.494 e. The Hall–Kier alpha value is -4.43. The van der Waals surface area contributed by atoms with Crippen molar-refractivity contribution in [1.82, 2.24) is 19.9 Å². The van der Waals surface area contributed by atoms with Gasteiger partial charge in [-0.1, -0.05) is 47.6 Å².